The summed E-state index contributed by atoms with van der Waals surface area (Å²) in [7, 11) is 1.32. The third kappa shape index (κ3) is 3.42. The second-order valence-electron chi connectivity index (χ2n) is 4.71. The van der Waals surface area contributed by atoms with E-state index in [1.807, 2.05) is 12.1 Å². The van der Waals surface area contributed by atoms with Crippen molar-refractivity contribution in [2.24, 2.45) is 0 Å². The van der Waals surface area contributed by atoms with Crippen LogP contribution in [0.25, 0.3) is 0 Å². The van der Waals surface area contributed by atoms with Crippen LogP contribution in [0, 0.1) is 0 Å². The lowest BCUT2D eigenvalue weighted by molar-refractivity contribution is 0.0788. The number of hydrogen-bond donors (Lipinski definition) is 1. The monoisotopic (exact) mass is 296 g/mol. The number of nitrogens with one attached hydrogen (secondary N) is 1. The molecule has 0 bridgehead atoms. The molecular weight excluding hydrogens is 280 g/mol. The number of alkyl halides is 1. The Hall–Kier alpha value is -1.75. The highest BCUT2D eigenvalue weighted by Gasteiger charge is 2.28. The molecule has 0 radical (unpaired) electrons. The van der Waals surface area contributed by atoms with E-state index in [1.54, 1.807) is 17.0 Å². The molecule has 5 nitrogen and oxygen atoms in total. The quantitative estimate of drug-likeness (QED) is 0.868. The van der Waals surface area contributed by atoms with Gasteiger partial charge in [-0.25, -0.2) is 4.79 Å². The second-order valence-corrected chi connectivity index (χ2v) is 4.97. The van der Waals surface area contributed by atoms with Crippen molar-refractivity contribution in [2.75, 3.05) is 20.2 Å². The fourth-order valence-electron chi connectivity index (χ4n) is 2.26. The smallest absolute Gasteiger partial charge is 0.407 e. The average Bonchev–Trinajstić information content (AvgIpc) is 2.94. The van der Waals surface area contributed by atoms with Gasteiger partial charge in [0, 0.05) is 24.5 Å². The molecule has 1 fully saturated rings. The zero-order valence-electron chi connectivity index (χ0n) is 11.3. The number of nitrogens with zero attached hydrogens (tertiary/aromatic N) is 1. The van der Waals surface area contributed by atoms with Gasteiger partial charge >= 0.3 is 6.09 Å². The van der Waals surface area contributed by atoms with Crippen molar-refractivity contribution in [3.8, 4) is 0 Å². The van der Waals surface area contributed by atoms with Crippen LogP contribution in [0.5, 0.6) is 0 Å². The molecule has 1 aromatic carbocycles. The summed E-state index contributed by atoms with van der Waals surface area (Å²) in [6.07, 6.45) is 0.268. The van der Waals surface area contributed by atoms with Crippen LogP contribution in [0.2, 0.25) is 0 Å². The topological polar surface area (TPSA) is 58.6 Å². The summed E-state index contributed by atoms with van der Waals surface area (Å²) in [4.78, 5) is 25.2. The fraction of sp³-hybridized carbons (Fsp3) is 0.429. The normalized spacial score (nSPS) is 17.9. The molecular formula is C14H17ClN2O3. The maximum absolute atomic E-state index is 12.4. The van der Waals surface area contributed by atoms with Gasteiger partial charge in [0.25, 0.3) is 5.91 Å². The first-order valence-corrected chi connectivity index (χ1v) is 6.96. The molecule has 6 heteroatoms. The van der Waals surface area contributed by atoms with Crippen LogP contribution in [-0.4, -0.2) is 43.1 Å². The van der Waals surface area contributed by atoms with Gasteiger partial charge in [-0.2, -0.15) is 0 Å². The van der Waals surface area contributed by atoms with Gasteiger partial charge in [0.05, 0.1) is 13.2 Å². The number of rotatable bonds is 3. The van der Waals surface area contributed by atoms with Crippen molar-refractivity contribution in [1.82, 2.24) is 10.2 Å². The number of halogens is 1. The van der Waals surface area contributed by atoms with E-state index in [0.29, 0.717) is 24.5 Å². The van der Waals surface area contributed by atoms with Gasteiger partial charge in [0.1, 0.15) is 0 Å². The van der Waals surface area contributed by atoms with E-state index in [1.165, 1.54) is 7.11 Å². The van der Waals surface area contributed by atoms with Crippen molar-refractivity contribution in [3.63, 3.8) is 0 Å². The largest absolute Gasteiger partial charge is 0.453 e. The van der Waals surface area contributed by atoms with Crippen LogP contribution in [-0.2, 0) is 10.6 Å². The summed E-state index contributed by atoms with van der Waals surface area (Å²) in [5, 5.41) is 2.71. The second kappa shape index (κ2) is 6.61. The molecule has 1 N–H and O–H groups in total. The molecule has 1 aromatic rings. The van der Waals surface area contributed by atoms with Crippen LogP contribution in [0.4, 0.5) is 4.79 Å². The molecule has 1 aliphatic rings. The maximum Gasteiger partial charge on any atom is 0.407 e. The minimum absolute atomic E-state index is 0.0360. The number of carbonyl (C=O) groups excluding carboxylic acids is 2. The number of hydrogen-bond acceptors (Lipinski definition) is 3. The van der Waals surface area contributed by atoms with Crippen molar-refractivity contribution in [3.05, 3.63) is 35.4 Å². The SMILES string of the molecule is COC(=O)NC1CCN(C(=O)c2cccc(CCl)c2)C1. The van der Waals surface area contributed by atoms with Gasteiger partial charge in [-0.3, -0.25) is 4.79 Å². The molecule has 2 rings (SSSR count). The number of amides is 2. The summed E-state index contributed by atoms with van der Waals surface area (Å²) < 4.78 is 4.55. The minimum Gasteiger partial charge on any atom is -0.453 e. The number of carbonyl (C=O) groups is 2. The lowest BCUT2D eigenvalue weighted by Gasteiger charge is -2.17. The van der Waals surface area contributed by atoms with Crippen LogP contribution in [0.3, 0.4) is 0 Å². The molecule has 20 heavy (non-hydrogen) atoms. The van der Waals surface area contributed by atoms with Crippen LogP contribution in [0.1, 0.15) is 22.3 Å². The lowest BCUT2D eigenvalue weighted by Crippen LogP contribution is -2.38. The Kier molecular flexibility index (Phi) is 4.84. The zero-order chi connectivity index (χ0) is 14.5. The van der Waals surface area contributed by atoms with E-state index in [9.17, 15) is 9.59 Å². The summed E-state index contributed by atoms with van der Waals surface area (Å²) in [5.41, 5.74) is 1.54. The van der Waals surface area contributed by atoms with Crippen molar-refractivity contribution in [1.29, 1.82) is 0 Å². The first kappa shape index (κ1) is 14.7. The van der Waals surface area contributed by atoms with Gasteiger partial charge in [0.2, 0.25) is 0 Å². The highest BCUT2D eigenvalue weighted by atomic mass is 35.5. The third-order valence-electron chi connectivity index (χ3n) is 3.31. The van der Waals surface area contributed by atoms with Gasteiger partial charge < -0.3 is 15.0 Å². The Bertz CT molecular complexity index is 507. The molecule has 0 aliphatic carbocycles. The van der Waals surface area contributed by atoms with E-state index in [2.05, 4.69) is 10.1 Å². The van der Waals surface area contributed by atoms with Crippen LogP contribution in [0.15, 0.2) is 24.3 Å². The van der Waals surface area contributed by atoms with E-state index in [0.717, 1.165) is 12.0 Å². The van der Waals surface area contributed by atoms with E-state index in [-0.39, 0.29) is 11.9 Å². The molecule has 0 aromatic heterocycles. The van der Waals surface area contributed by atoms with Crippen LogP contribution >= 0.6 is 11.6 Å². The number of benzene rings is 1. The van der Waals surface area contributed by atoms with Gasteiger partial charge in [-0.15, -0.1) is 11.6 Å². The predicted molar refractivity (Wildman–Crippen MR) is 75.8 cm³/mol. The Labute approximate surface area is 122 Å². The highest BCUT2D eigenvalue weighted by molar-refractivity contribution is 6.17. The zero-order valence-corrected chi connectivity index (χ0v) is 12.0. The molecule has 1 atom stereocenters. The fourth-order valence-corrected chi connectivity index (χ4v) is 2.42. The van der Waals surface area contributed by atoms with Gasteiger partial charge in [-0.1, -0.05) is 12.1 Å². The molecule has 1 aliphatic heterocycles. The number of methoxy groups -OCH3 is 1. The Morgan fingerprint density at radius 1 is 1.50 bits per heavy atom. The molecule has 108 valence electrons. The lowest BCUT2D eigenvalue weighted by atomic mass is 10.1. The Balaban J connectivity index is 1.98. The van der Waals surface area contributed by atoms with Crippen molar-refractivity contribution < 1.29 is 14.3 Å². The van der Waals surface area contributed by atoms with Gasteiger partial charge in [-0.05, 0) is 24.1 Å². The minimum atomic E-state index is -0.464. The van der Waals surface area contributed by atoms with Crippen molar-refractivity contribution in [2.45, 2.75) is 18.3 Å². The predicted octanol–water partition coefficient (Wildman–Crippen LogP) is 2.00. The molecule has 1 heterocycles. The Morgan fingerprint density at radius 3 is 3.00 bits per heavy atom. The number of ether oxygens (including phenoxy) is 1. The van der Waals surface area contributed by atoms with E-state index < -0.39 is 6.09 Å². The number of alkyl carbamates (subject to hydrolysis) is 1. The molecule has 2 amide bonds. The molecule has 1 saturated heterocycles. The third-order valence-corrected chi connectivity index (χ3v) is 3.62. The summed E-state index contributed by atoms with van der Waals surface area (Å²) in [6, 6.07) is 7.23. The molecule has 1 unspecified atom stereocenters. The first-order valence-electron chi connectivity index (χ1n) is 6.42. The molecule has 0 spiro atoms. The highest BCUT2D eigenvalue weighted by Crippen LogP contribution is 2.15. The Morgan fingerprint density at radius 2 is 2.30 bits per heavy atom. The van der Waals surface area contributed by atoms with E-state index in [4.69, 9.17) is 11.6 Å². The summed E-state index contributed by atoms with van der Waals surface area (Å²) in [6.45, 7) is 1.12. The summed E-state index contributed by atoms with van der Waals surface area (Å²) in [5.74, 6) is 0.347. The number of likely N-dealkylation sites (tertiary alicyclic amines) is 1. The van der Waals surface area contributed by atoms with E-state index >= 15 is 0 Å². The average molecular weight is 297 g/mol. The molecule has 0 saturated carbocycles. The first-order chi connectivity index (χ1) is 9.63. The van der Waals surface area contributed by atoms with Crippen molar-refractivity contribution >= 4 is 23.6 Å². The standard InChI is InChI=1S/C14H17ClN2O3/c1-20-14(19)16-12-5-6-17(9-12)13(18)11-4-2-3-10(7-11)8-15/h2-4,7,12H,5-6,8-9H2,1H3,(H,16,19). The van der Waals surface area contributed by atoms with Gasteiger partial charge in [0.15, 0.2) is 0 Å². The summed E-state index contributed by atoms with van der Waals surface area (Å²) >= 11 is 5.77. The van der Waals surface area contributed by atoms with Crippen LogP contribution < -0.4 is 5.32 Å². The maximum atomic E-state index is 12.4.